The van der Waals surface area contributed by atoms with Gasteiger partial charge >= 0.3 is 5.97 Å². The van der Waals surface area contributed by atoms with Gasteiger partial charge < -0.3 is 14.4 Å². The SMILES string of the molecule is CCOC(=O)CCN(C)Sc1ccc(CN(C(C)=O)c2ccc(C)c(OC)c2)cc1. The van der Waals surface area contributed by atoms with E-state index in [1.807, 2.05) is 60.7 Å². The van der Waals surface area contributed by atoms with E-state index in [4.69, 9.17) is 9.47 Å². The van der Waals surface area contributed by atoms with E-state index >= 15 is 0 Å². The average Bonchev–Trinajstić information content (AvgIpc) is 2.72. The summed E-state index contributed by atoms with van der Waals surface area (Å²) in [7, 11) is 3.57. The summed E-state index contributed by atoms with van der Waals surface area (Å²) in [5, 5.41) is 0. The van der Waals surface area contributed by atoms with Crippen LogP contribution in [0, 0.1) is 6.92 Å². The summed E-state index contributed by atoms with van der Waals surface area (Å²) in [4.78, 5) is 26.5. The first-order valence-electron chi connectivity index (χ1n) is 9.90. The van der Waals surface area contributed by atoms with Crippen LogP contribution in [0.25, 0.3) is 0 Å². The molecule has 0 bridgehead atoms. The molecule has 0 unspecified atom stereocenters. The molecule has 0 aliphatic heterocycles. The van der Waals surface area contributed by atoms with E-state index in [9.17, 15) is 9.59 Å². The van der Waals surface area contributed by atoms with Crippen molar-refractivity contribution in [1.29, 1.82) is 0 Å². The second-order valence-corrected chi connectivity index (χ2v) is 8.18. The Balaban J connectivity index is 2.01. The quantitative estimate of drug-likeness (QED) is 0.410. The second-order valence-electron chi connectivity index (χ2n) is 6.90. The van der Waals surface area contributed by atoms with E-state index in [1.165, 1.54) is 0 Å². The summed E-state index contributed by atoms with van der Waals surface area (Å²) in [6.45, 7) is 6.84. The number of amides is 1. The number of methoxy groups -OCH3 is 1. The zero-order valence-corrected chi connectivity index (χ0v) is 19.1. The standard InChI is InChI=1S/C23H30N2O4S/c1-6-29-23(27)13-14-24(4)30-21-11-8-19(9-12-21)16-25(18(3)26)20-10-7-17(2)22(15-20)28-5/h7-12,15H,6,13-14,16H2,1-5H3. The normalized spacial score (nSPS) is 10.7. The molecule has 30 heavy (non-hydrogen) atoms. The smallest absolute Gasteiger partial charge is 0.307 e. The molecule has 0 aliphatic carbocycles. The maximum Gasteiger partial charge on any atom is 0.307 e. The summed E-state index contributed by atoms with van der Waals surface area (Å²) in [6.07, 6.45) is 0.364. The minimum absolute atomic E-state index is 0.0296. The van der Waals surface area contributed by atoms with Gasteiger partial charge in [-0.2, -0.15) is 0 Å². The van der Waals surface area contributed by atoms with Crippen LogP contribution in [0.15, 0.2) is 47.4 Å². The molecule has 0 spiro atoms. The van der Waals surface area contributed by atoms with Crippen LogP contribution < -0.4 is 9.64 Å². The molecule has 6 nitrogen and oxygen atoms in total. The first-order chi connectivity index (χ1) is 14.3. The highest BCUT2D eigenvalue weighted by atomic mass is 32.2. The summed E-state index contributed by atoms with van der Waals surface area (Å²) in [5.74, 6) is 0.548. The van der Waals surface area contributed by atoms with Crippen LogP contribution in [0.5, 0.6) is 5.75 Å². The molecule has 7 heteroatoms. The molecular formula is C23H30N2O4S. The number of carbonyl (C=O) groups excluding carboxylic acids is 2. The Morgan fingerprint density at radius 1 is 1.10 bits per heavy atom. The molecule has 2 aromatic carbocycles. The van der Waals surface area contributed by atoms with Crippen molar-refractivity contribution in [3.63, 3.8) is 0 Å². The van der Waals surface area contributed by atoms with Crippen molar-refractivity contribution < 1.29 is 19.1 Å². The molecule has 0 aliphatic rings. The first-order valence-corrected chi connectivity index (χ1v) is 10.7. The third-order valence-corrected chi connectivity index (χ3v) is 5.52. The molecule has 0 saturated carbocycles. The number of hydrogen-bond donors (Lipinski definition) is 0. The predicted molar refractivity (Wildman–Crippen MR) is 121 cm³/mol. The van der Waals surface area contributed by atoms with E-state index in [2.05, 4.69) is 0 Å². The van der Waals surface area contributed by atoms with Gasteiger partial charge in [0.05, 0.1) is 26.7 Å². The molecule has 0 heterocycles. The van der Waals surface area contributed by atoms with Crippen molar-refractivity contribution >= 4 is 29.5 Å². The van der Waals surface area contributed by atoms with E-state index in [1.54, 1.807) is 37.8 Å². The van der Waals surface area contributed by atoms with Gasteiger partial charge in [-0.1, -0.05) is 18.2 Å². The zero-order valence-electron chi connectivity index (χ0n) is 18.3. The van der Waals surface area contributed by atoms with Crippen LogP contribution in [0.2, 0.25) is 0 Å². The summed E-state index contributed by atoms with van der Waals surface area (Å²) >= 11 is 1.57. The highest BCUT2D eigenvalue weighted by Gasteiger charge is 2.14. The summed E-state index contributed by atoms with van der Waals surface area (Å²) in [6, 6.07) is 13.9. The van der Waals surface area contributed by atoms with Gasteiger partial charge in [-0.3, -0.25) is 9.59 Å². The zero-order chi connectivity index (χ0) is 22.1. The van der Waals surface area contributed by atoms with Gasteiger partial charge in [-0.05, 0) is 62.2 Å². The van der Waals surface area contributed by atoms with Crippen molar-refractivity contribution in [2.24, 2.45) is 0 Å². The topological polar surface area (TPSA) is 59.1 Å². The molecule has 0 fully saturated rings. The van der Waals surface area contributed by atoms with Gasteiger partial charge in [0.15, 0.2) is 0 Å². The molecule has 0 saturated heterocycles. The number of hydrogen-bond acceptors (Lipinski definition) is 6. The van der Waals surface area contributed by atoms with Crippen LogP contribution in [-0.4, -0.2) is 43.5 Å². The maximum absolute atomic E-state index is 12.3. The van der Waals surface area contributed by atoms with Gasteiger partial charge in [0.1, 0.15) is 5.75 Å². The predicted octanol–water partition coefficient (Wildman–Crippen LogP) is 4.45. The number of aryl methyl sites for hydroxylation is 1. The minimum atomic E-state index is -0.183. The first kappa shape index (κ1) is 23.8. The molecule has 162 valence electrons. The lowest BCUT2D eigenvalue weighted by atomic mass is 10.1. The highest BCUT2D eigenvalue weighted by Crippen LogP contribution is 2.27. The number of carbonyl (C=O) groups is 2. The Morgan fingerprint density at radius 2 is 1.80 bits per heavy atom. The third-order valence-electron chi connectivity index (χ3n) is 4.54. The third kappa shape index (κ3) is 7.07. The lowest BCUT2D eigenvalue weighted by Crippen LogP contribution is -2.27. The number of nitrogens with zero attached hydrogens (tertiary/aromatic N) is 2. The van der Waals surface area contributed by atoms with Crippen LogP contribution in [-0.2, 0) is 20.9 Å². The fourth-order valence-corrected chi connectivity index (χ4v) is 3.71. The lowest BCUT2D eigenvalue weighted by molar-refractivity contribution is -0.143. The highest BCUT2D eigenvalue weighted by molar-refractivity contribution is 7.97. The molecule has 0 radical (unpaired) electrons. The minimum Gasteiger partial charge on any atom is -0.496 e. The molecule has 0 N–H and O–H groups in total. The van der Waals surface area contributed by atoms with Crippen molar-refractivity contribution in [2.75, 3.05) is 32.2 Å². The van der Waals surface area contributed by atoms with E-state index < -0.39 is 0 Å². The Hall–Kier alpha value is -2.51. The van der Waals surface area contributed by atoms with Gasteiger partial charge in [0, 0.05) is 30.1 Å². The van der Waals surface area contributed by atoms with Gasteiger partial charge in [-0.25, -0.2) is 4.31 Å². The molecule has 2 aromatic rings. The van der Waals surface area contributed by atoms with Crippen LogP contribution in [0.1, 0.15) is 31.4 Å². The number of ether oxygens (including phenoxy) is 2. The van der Waals surface area contributed by atoms with Crippen LogP contribution in [0.4, 0.5) is 5.69 Å². The lowest BCUT2D eigenvalue weighted by Gasteiger charge is -2.22. The number of rotatable bonds is 10. The summed E-state index contributed by atoms with van der Waals surface area (Å²) < 4.78 is 12.4. The van der Waals surface area contributed by atoms with Crippen molar-refractivity contribution in [2.45, 2.75) is 38.6 Å². The largest absolute Gasteiger partial charge is 0.496 e. The monoisotopic (exact) mass is 430 g/mol. The van der Waals surface area contributed by atoms with Crippen LogP contribution in [0.3, 0.4) is 0 Å². The fourth-order valence-electron chi connectivity index (χ4n) is 2.91. The van der Waals surface area contributed by atoms with E-state index in [0.29, 0.717) is 26.1 Å². The number of esters is 1. The Bertz CT molecular complexity index is 855. The Kier molecular flexibility index (Phi) is 9.20. The Labute approximate surface area is 183 Å². The number of benzene rings is 2. The summed E-state index contributed by atoms with van der Waals surface area (Å²) in [5.41, 5.74) is 2.86. The van der Waals surface area contributed by atoms with Crippen LogP contribution >= 0.6 is 11.9 Å². The second kappa shape index (κ2) is 11.6. The fraction of sp³-hybridized carbons (Fsp3) is 0.391. The molecule has 1 amide bonds. The van der Waals surface area contributed by atoms with E-state index in [-0.39, 0.29) is 11.9 Å². The number of anilines is 1. The molecular weight excluding hydrogens is 400 g/mol. The average molecular weight is 431 g/mol. The van der Waals surface area contributed by atoms with Gasteiger partial charge in [0.25, 0.3) is 0 Å². The van der Waals surface area contributed by atoms with Crippen molar-refractivity contribution in [1.82, 2.24) is 4.31 Å². The van der Waals surface area contributed by atoms with Crippen molar-refractivity contribution in [3.8, 4) is 5.75 Å². The molecule has 0 atom stereocenters. The van der Waals surface area contributed by atoms with Crippen molar-refractivity contribution in [3.05, 3.63) is 53.6 Å². The molecule has 0 aromatic heterocycles. The van der Waals surface area contributed by atoms with Gasteiger partial charge in [-0.15, -0.1) is 0 Å². The van der Waals surface area contributed by atoms with Gasteiger partial charge in [0.2, 0.25) is 5.91 Å². The van der Waals surface area contributed by atoms with E-state index in [0.717, 1.165) is 27.5 Å². The Morgan fingerprint density at radius 3 is 2.40 bits per heavy atom. The maximum atomic E-state index is 12.3. The molecule has 2 rings (SSSR count).